The van der Waals surface area contributed by atoms with Crippen LogP contribution in [-0.4, -0.2) is 43.2 Å². The molecule has 1 amide bonds. The van der Waals surface area contributed by atoms with Crippen LogP contribution in [0.2, 0.25) is 0 Å². The van der Waals surface area contributed by atoms with Crippen LogP contribution in [0.1, 0.15) is 13.8 Å². The summed E-state index contributed by atoms with van der Waals surface area (Å²) in [5.74, 6) is -1.90. The maximum atomic E-state index is 11.8. The van der Waals surface area contributed by atoms with E-state index in [1.807, 2.05) is 5.32 Å². The van der Waals surface area contributed by atoms with Crippen LogP contribution < -0.4 is 5.32 Å². The highest BCUT2D eigenvalue weighted by Gasteiger charge is 2.39. The second-order valence-corrected chi connectivity index (χ2v) is 3.89. The Kier molecular flexibility index (Phi) is 3.93. The molecule has 1 N–H and O–H groups in total. The normalized spacial score (nSPS) is 13.1. The molecule has 0 aliphatic carbocycles. The molecular weight excluding hydrogens is 197 g/mol. The lowest BCUT2D eigenvalue weighted by atomic mass is 10.0. The molecule has 0 spiro atoms. The summed E-state index contributed by atoms with van der Waals surface area (Å²) in [5.41, 5.74) is -0.499. The van der Waals surface area contributed by atoms with Crippen LogP contribution in [0.3, 0.4) is 0 Å². The molecule has 6 heteroatoms. The summed E-state index contributed by atoms with van der Waals surface area (Å²) in [4.78, 5) is 12.2. The molecule has 3 nitrogen and oxygen atoms in total. The first-order valence-electron chi connectivity index (χ1n) is 4.10. The number of rotatable bonds is 3. The van der Waals surface area contributed by atoms with Gasteiger partial charge in [0.15, 0.2) is 0 Å². The van der Waals surface area contributed by atoms with E-state index >= 15 is 0 Å². The van der Waals surface area contributed by atoms with E-state index in [9.17, 15) is 18.0 Å². The molecule has 0 aromatic carbocycles. The number of halogens is 3. The molecule has 0 aromatic heterocycles. The number of amides is 1. The van der Waals surface area contributed by atoms with Crippen LogP contribution in [0, 0.1) is 0 Å². The lowest BCUT2D eigenvalue weighted by molar-refractivity contribution is -0.174. The van der Waals surface area contributed by atoms with Gasteiger partial charge in [-0.1, -0.05) is 0 Å². The minimum Gasteiger partial charge on any atom is -0.346 e. The van der Waals surface area contributed by atoms with Crippen LogP contribution in [0.25, 0.3) is 0 Å². The molecule has 0 bridgehead atoms. The van der Waals surface area contributed by atoms with Crippen molar-refractivity contribution in [2.45, 2.75) is 25.6 Å². The van der Waals surface area contributed by atoms with Gasteiger partial charge in [0, 0.05) is 12.1 Å². The summed E-state index contributed by atoms with van der Waals surface area (Å²) in [6.45, 7) is 3.44. The van der Waals surface area contributed by atoms with Crippen LogP contribution >= 0.6 is 0 Å². The number of likely N-dealkylation sites (N-methyl/N-ethyl adjacent to an activating group) is 1. The van der Waals surface area contributed by atoms with E-state index in [0.29, 0.717) is 0 Å². The van der Waals surface area contributed by atoms with E-state index in [0.717, 1.165) is 0 Å². The van der Waals surface area contributed by atoms with Gasteiger partial charge in [-0.3, -0.25) is 4.79 Å². The Labute approximate surface area is 81.3 Å². The van der Waals surface area contributed by atoms with Gasteiger partial charge in [-0.2, -0.15) is 13.2 Å². The molecular formula is C8H15F3N2O. The van der Waals surface area contributed by atoms with Crippen molar-refractivity contribution >= 4 is 5.91 Å². The Balaban J connectivity index is 4.14. The molecule has 0 heterocycles. The van der Waals surface area contributed by atoms with Crippen LogP contribution in [0.5, 0.6) is 0 Å². The van der Waals surface area contributed by atoms with Crippen LogP contribution in [0.15, 0.2) is 0 Å². The highest BCUT2D eigenvalue weighted by Crippen LogP contribution is 2.15. The molecule has 0 fully saturated rings. The zero-order valence-corrected chi connectivity index (χ0v) is 8.70. The zero-order valence-electron chi connectivity index (χ0n) is 8.70. The van der Waals surface area contributed by atoms with Gasteiger partial charge in [-0.15, -0.1) is 0 Å². The van der Waals surface area contributed by atoms with Crippen molar-refractivity contribution in [2.75, 3.05) is 20.6 Å². The molecule has 14 heavy (non-hydrogen) atoms. The number of alkyl halides is 3. The van der Waals surface area contributed by atoms with E-state index < -0.39 is 17.6 Å². The van der Waals surface area contributed by atoms with Gasteiger partial charge >= 0.3 is 12.1 Å². The summed E-state index contributed by atoms with van der Waals surface area (Å²) in [7, 11) is 3.47. The number of nitrogens with zero attached hydrogens (tertiary/aromatic N) is 1. The summed E-state index contributed by atoms with van der Waals surface area (Å²) in [5, 5.41) is 1.84. The Hall–Kier alpha value is -0.780. The van der Waals surface area contributed by atoms with Crippen LogP contribution in [-0.2, 0) is 4.79 Å². The number of nitrogens with one attached hydrogen (secondary N) is 1. The van der Waals surface area contributed by atoms with Gasteiger partial charge in [0.05, 0.1) is 0 Å². The van der Waals surface area contributed by atoms with E-state index in [1.54, 1.807) is 32.8 Å². The summed E-state index contributed by atoms with van der Waals surface area (Å²) in [6.07, 6.45) is -4.80. The third-order valence-corrected chi connectivity index (χ3v) is 2.15. The van der Waals surface area contributed by atoms with Crippen molar-refractivity contribution in [1.29, 1.82) is 0 Å². The molecule has 0 aromatic rings. The monoisotopic (exact) mass is 212 g/mol. The van der Waals surface area contributed by atoms with E-state index in [2.05, 4.69) is 0 Å². The van der Waals surface area contributed by atoms with E-state index in [-0.39, 0.29) is 6.54 Å². The van der Waals surface area contributed by atoms with Gasteiger partial charge in [0.2, 0.25) is 0 Å². The summed E-state index contributed by atoms with van der Waals surface area (Å²) < 4.78 is 35.4. The van der Waals surface area contributed by atoms with Gasteiger partial charge < -0.3 is 10.2 Å². The largest absolute Gasteiger partial charge is 0.471 e. The first-order chi connectivity index (χ1) is 6.07. The first kappa shape index (κ1) is 13.2. The number of carbonyl (C=O) groups is 1. The lowest BCUT2D eigenvalue weighted by Crippen LogP contribution is -2.50. The smallest absolute Gasteiger partial charge is 0.346 e. The molecule has 0 aliphatic rings. The quantitative estimate of drug-likeness (QED) is 0.757. The fourth-order valence-electron chi connectivity index (χ4n) is 0.555. The average Bonchev–Trinajstić information content (AvgIpc) is 1.98. The molecule has 0 saturated carbocycles. The maximum Gasteiger partial charge on any atom is 0.471 e. The van der Waals surface area contributed by atoms with Crippen molar-refractivity contribution in [3.63, 3.8) is 0 Å². The molecule has 0 saturated heterocycles. The van der Waals surface area contributed by atoms with Gasteiger partial charge in [-0.05, 0) is 27.9 Å². The Morgan fingerprint density at radius 3 is 2.00 bits per heavy atom. The van der Waals surface area contributed by atoms with Gasteiger partial charge in [0.1, 0.15) is 0 Å². The van der Waals surface area contributed by atoms with Crippen molar-refractivity contribution < 1.29 is 18.0 Å². The summed E-state index contributed by atoms with van der Waals surface area (Å²) >= 11 is 0. The number of hydrogen-bond donors (Lipinski definition) is 1. The molecule has 0 rings (SSSR count). The Morgan fingerprint density at radius 2 is 1.71 bits per heavy atom. The molecule has 0 aliphatic heterocycles. The van der Waals surface area contributed by atoms with Gasteiger partial charge in [0.25, 0.3) is 0 Å². The van der Waals surface area contributed by atoms with Crippen molar-refractivity contribution in [2.24, 2.45) is 0 Å². The Bertz CT molecular complexity index is 211. The highest BCUT2D eigenvalue weighted by molar-refractivity contribution is 5.81. The molecule has 0 unspecified atom stereocenters. The SMILES string of the molecule is CN(C)C(C)(C)CNC(=O)C(F)(F)F. The standard InChI is InChI=1S/C8H15F3N2O/c1-7(2,13(3)4)5-12-6(14)8(9,10)11/h5H2,1-4H3,(H,12,14). The third-order valence-electron chi connectivity index (χ3n) is 2.15. The van der Waals surface area contributed by atoms with Crippen molar-refractivity contribution in [3.8, 4) is 0 Å². The molecule has 84 valence electrons. The van der Waals surface area contributed by atoms with E-state index in [4.69, 9.17) is 0 Å². The molecule has 0 atom stereocenters. The highest BCUT2D eigenvalue weighted by atomic mass is 19.4. The zero-order chi connectivity index (χ0) is 11.6. The Morgan fingerprint density at radius 1 is 1.29 bits per heavy atom. The second-order valence-electron chi connectivity index (χ2n) is 3.89. The molecule has 0 radical (unpaired) electrons. The maximum absolute atomic E-state index is 11.8. The predicted molar refractivity (Wildman–Crippen MR) is 46.8 cm³/mol. The average molecular weight is 212 g/mol. The number of carbonyl (C=O) groups excluding carboxylic acids is 1. The number of hydrogen-bond acceptors (Lipinski definition) is 2. The minimum atomic E-state index is -4.80. The van der Waals surface area contributed by atoms with Gasteiger partial charge in [-0.25, -0.2) is 0 Å². The van der Waals surface area contributed by atoms with Crippen LogP contribution in [0.4, 0.5) is 13.2 Å². The minimum absolute atomic E-state index is 0.0433. The topological polar surface area (TPSA) is 32.3 Å². The summed E-state index contributed by atoms with van der Waals surface area (Å²) in [6, 6.07) is 0. The third kappa shape index (κ3) is 3.95. The fourth-order valence-corrected chi connectivity index (χ4v) is 0.555. The second kappa shape index (κ2) is 4.16. The predicted octanol–water partition coefficient (Wildman–Crippen LogP) is 1.01. The van der Waals surface area contributed by atoms with E-state index in [1.165, 1.54) is 0 Å². The van der Waals surface area contributed by atoms with Crippen molar-refractivity contribution in [3.05, 3.63) is 0 Å². The lowest BCUT2D eigenvalue weighted by Gasteiger charge is -2.32. The first-order valence-corrected chi connectivity index (χ1v) is 4.10. The fraction of sp³-hybridized carbons (Fsp3) is 0.875. The van der Waals surface area contributed by atoms with Crippen molar-refractivity contribution in [1.82, 2.24) is 10.2 Å².